The fourth-order valence-electron chi connectivity index (χ4n) is 1.67. The molecule has 0 bridgehead atoms. The summed E-state index contributed by atoms with van der Waals surface area (Å²) in [6.07, 6.45) is 2.97. The lowest BCUT2D eigenvalue weighted by molar-refractivity contribution is 0.0715. The molecule has 0 amide bonds. The molecule has 1 aliphatic carbocycles. The minimum atomic E-state index is -1.06. The third kappa shape index (κ3) is 1.56. The van der Waals surface area contributed by atoms with E-state index in [9.17, 15) is 4.39 Å². The van der Waals surface area contributed by atoms with Gasteiger partial charge in [-0.05, 0) is 24.7 Å². The van der Waals surface area contributed by atoms with Crippen molar-refractivity contribution in [2.24, 2.45) is 17.6 Å². The molecule has 1 nitrogen and oxygen atoms in total. The van der Waals surface area contributed by atoms with Crippen molar-refractivity contribution in [3.63, 3.8) is 0 Å². The van der Waals surface area contributed by atoms with Crippen molar-refractivity contribution >= 4 is 0 Å². The Hall–Kier alpha value is -0.110. The Balaban J connectivity index is 2.56. The molecule has 0 aromatic rings. The number of alkyl halides is 1. The summed E-state index contributed by atoms with van der Waals surface area (Å²) in [7, 11) is 0. The lowest BCUT2D eigenvalue weighted by Crippen LogP contribution is -2.41. The number of rotatable bonds is 4. The SMILES string of the molecule is CCC(C)C(F)(CN)C1CC1. The van der Waals surface area contributed by atoms with E-state index in [-0.39, 0.29) is 18.4 Å². The van der Waals surface area contributed by atoms with Crippen LogP contribution in [0.2, 0.25) is 0 Å². The van der Waals surface area contributed by atoms with E-state index in [1.165, 1.54) is 0 Å². The Kier molecular flexibility index (Phi) is 2.53. The molecule has 0 aromatic heterocycles. The van der Waals surface area contributed by atoms with E-state index < -0.39 is 5.67 Å². The van der Waals surface area contributed by atoms with Gasteiger partial charge in [0.25, 0.3) is 0 Å². The van der Waals surface area contributed by atoms with E-state index >= 15 is 0 Å². The fraction of sp³-hybridized carbons (Fsp3) is 1.00. The van der Waals surface area contributed by atoms with Gasteiger partial charge >= 0.3 is 0 Å². The Morgan fingerprint density at radius 2 is 2.18 bits per heavy atom. The lowest BCUT2D eigenvalue weighted by atomic mass is 9.84. The molecule has 2 N–H and O–H groups in total. The molecule has 11 heavy (non-hydrogen) atoms. The van der Waals surface area contributed by atoms with Crippen LogP contribution in [0.25, 0.3) is 0 Å². The monoisotopic (exact) mass is 159 g/mol. The van der Waals surface area contributed by atoms with Crippen molar-refractivity contribution in [2.75, 3.05) is 6.54 Å². The highest BCUT2D eigenvalue weighted by molar-refractivity contribution is 4.98. The van der Waals surface area contributed by atoms with E-state index in [0.717, 1.165) is 19.3 Å². The zero-order valence-electron chi connectivity index (χ0n) is 7.44. The number of hydrogen-bond acceptors (Lipinski definition) is 1. The molecule has 2 unspecified atom stereocenters. The summed E-state index contributed by atoms with van der Waals surface area (Å²) in [6, 6.07) is 0. The summed E-state index contributed by atoms with van der Waals surface area (Å²) in [5.41, 5.74) is 4.39. The van der Waals surface area contributed by atoms with Gasteiger partial charge < -0.3 is 5.73 Å². The molecule has 1 saturated carbocycles. The first-order chi connectivity index (χ1) is 5.15. The highest BCUT2D eigenvalue weighted by atomic mass is 19.1. The average molecular weight is 159 g/mol. The minimum Gasteiger partial charge on any atom is -0.328 e. The largest absolute Gasteiger partial charge is 0.328 e. The fourth-order valence-corrected chi connectivity index (χ4v) is 1.67. The zero-order valence-corrected chi connectivity index (χ0v) is 7.44. The van der Waals surface area contributed by atoms with E-state index in [0.29, 0.717) is 0 Å². The van der Waals surface area contributed by atoms with Crippen LogP contribution in [0, 0.1) is 11.8 Å². The maximum absolute atomic E-state index is 14.0. The maximum Gasteiger partial charge on any atom is 0.128 e. The van der Waals surface area contributed by atoms with Gasteiger partial charge in [0.15, 0.2) is 0 Å². The topological polar surface area (TPSA) is 26.0 Å². The van der Waals surface area contributed by atoms with Crippen LogP contribution in [0.4, 0.5) is 4.39 Å². The molecule has 1 fully saturated rings. The van der Waals surface area contributed by atoms with Crippen molar-refractivity contribution in [1.29, 1.82) is 0 Å². The van der Waals surface area contributed by atoms with Gasteiger partial charge in [0.05, 0.1) is 0 Å². The molecule has 2 heteroatoms. The van der Waals surface area contributed by atoms with Gasteiger partial charge in [-0.25, -0.2) is 4.39 Å². The average Bonchev–Trinajstić information content (AvgIpc) is 2.84. The summed E-state index contributed by atoms with van der Waals surface area (Å²) >= 11 is 0. The van der Waals surface area contributed by atoms with Crippen LogP contribution >= 0.6 is 0 Å². The van der Waals surface area contributed by atoms with Crippen molar-refractivity contribution in [3.8, 4) is 0 Å². The van der Waals surface area contributed by atoms with Crippen molar-refractivity contribution in [3.05, 3.63) is 0 Å². The third-order valence-corrected chi connectivity index (χ3v) is 3.00. The smallest absolute Gasteiger partial charge is 0.128 e. The summed E-state index contributed by atoms with van der Waals surface area (Å²) in [5, 5.41) is 0. The molecule has 0 spiro atoms. The first-order valence-corrected chi connectivity index (χ1v) is 4.54. The van der Waals surface area contributed by atoms with Crippen LogP contribution in [0.15, 0.2) is 0 Å². The van der Waals surface area contributed by atoms with Gasteiger partial charge in [-0.2, -0.15) is 0 Å². The first-order valence-electron chi connectivity index (χ1n) is 4.54. The Morgan fingerprint density at radius 3 is 2.45 bits per heavy atom. The molecule has 2 atom stereocenters. The highest BCUT2D eigenvalue weighted by Crippen LogP contribution is 2.46. The van der Waals surface area contributed by atoms with Gasteiger partial charge in [0.1, 0.15) is 5.67 Å². The Bertz CT molecular complexity index is 134. The molecule has 1 rings (SSSR count). The zero-order chi connectivity index (χ0) is 8.48. The molecule has 0 saturated heterocycles. The molecular weight excluding hydrogens is 141 g/mol. The second kappa shape index (κ2) is 3.10. The van der Waals surface area contributed by atoms with Crippen LogP contribution in [0.1, 0.15) is 33.1 Å². The number of nitrogens with two attached hydrogens (primary N) is 1. The first kappa shape index (κ1) is 8.98. The number of halogens is 1. The normalized spacial score (nSPS) is 26.2. The van der Waals surface area contributed by atoms with Crippen LogP contribution in [-0.2, 0) is 0 Å². The van der Waals surface area contributed by atoms with E-state index in [1.54, 1.807) is 0 Å². The van der Waals surface area contributed by atoms with E-state index in [4.69, 9.17) is 5.73 Å². The summed E-state index contributed by atoms with van der Waals surface area (Å²) in [5.74, 6) is 0.391. The summed E-state index contributed by atoms with van der Waals surface area (Å²) < 4.78 is 14.0. The Labute approximate surface area is 68.2 Å². The van der Waals surface area contributed by atoms with Crippen molar-refractivity contribution in [1.82, 2.24) is 0 Å². The van der Waals surface area contributed by atoms with Gasteiger partial charge in [-0.3, -0.25) is 0 Å². The predicted molar refractivity (Wildman–Crippen MR) is 45.1 cm³/mol. The Morgan fingerprint density at radius 1 is 1.64 bits per heavy atom. The van der Waals surface area contributed by atoms with Crippen LogP contribution in [0.5, 0.6) is 0 Å². The third-order valence-electron chi connectivity index (χ3n) is 3.00. The van der Waals surface area contributed by atoms with Gasteiger partial charge in [-0.15, -0.1) is 0 Å². The second-order valence-corrected chi connectivity index (χ2v) is 3.71. The van der Waals surface area contributed by atoms with Gasteiger partial charge in [-0.1, -0.05) is 20.3 Å². The van der Waals surface area contributed by atoms with Crippen LogP contribution in [-0.4, -0.2) is 12.2 Å². The van der Waals surface area contributed by atoms with Crippen LogP contribution < -0.4 is 5.73 Å². The molecule has 1 aliphatic rings. The quantitative estimate of drug-likeness (QED) is 0.668. The molecule has 66 valence electrons. The summed E-state index contributed by atoms with van der Waals surface area (Å²) in [4.78, 5) is 0. The molecule has 0 aliphatic heterocycles. The lowest BCUT2D eigenvalue weighted by Gasteiger charge is -2.29. The highest BCUT2D eigenvalue weighted by Gasteiger charge is 2.47. The minimum absolute atomic E-state index is 0.125. The maximum atomic E-state index is 14.0. The molecular formula is C9H18FN. The van der Waals surface area contributed by atoms with Crippen molar-refractivity contribution in [2.45, 2.75) is 38.8 Å². The van der Waals surface area contributed by atoms with Crippen molar-refractivity contribution < 1.29 is 4.39 Å². The van der Waals surface area contributed by atoms with E-state index in [2.05, 4.69) is 0 Å². The van der Waals surface area contributed by atoms with Gasteiger partial charge in [0.2, 0.25) is 0 Å². The molecule has 0 aromatic carbocycles. The van der Waals surface area contributed by atoms with E-state index in [1.807, 2.05) is 13.8 Å². The molecule has 0 heterocycles. The second-order valence-electron chi connectivity index (χ2n) is 3.71. The standard InChI is InChI=1S/C9H18FN/c1-3-7(2)9(10,6-11)8-4-5-8/h7-8H,3-6,11H2,1-2H3. The predicted octanol–water partition coefficient (Wildman–Crippen LogP) is 2.11. The van der Waals surface area contributed by atoms with Crippen LogP contribution in [0.3, 0.4) is 0 Å². The molecule has 0 radical (unpaired) electrons. The van der Waals surface area contributed by atoms with Gasteiger partial charge in [0, 0.05) is 6.54 Å². The summed E-state index contributed by atoms with van der Waals surface area (Å²) in [6.45, 7) is 4.19. The number of hydrogen-bond donors (Lipinski definition) is 1.